The molecule has 0 unspecified atom stereocenters. The van der Waals surface area contributed by atoms with Crippen molar-refractivity contribution < 1.29 is 14.3 Å². The average Bonchev–Trinajstić information content (AvgIpc) is 3.37. The molecule has 0 spiro atoms. The molecule has 0 bridgehead atoms. The molecule has 0 saturated heterocycles. The zero-order valence-electron chi connectivity index (χ0n) is 18.1. The summed E-state index contributed by atoms with van der Waals surface area (Å²) in [7, 11) is 1.36. The minimum absolute atomic E-state index is 0.310. The number of aromatic nitrogens is 5. The minimum atomic E-state index is -0.446. The molecular formula is C24H23N5O3. The van der Waals surface area contributed by atoms with Crippen LogP contribution >= 0.6 is 0 Å². The fraction of sp³-hybridized carbons (Fsp3) is 0.208. The Hall–Kier alpha value is -4.07. The van der Waals surface area contributed by atoms with Crippen LogP contribution in [0, 0.1) is 6.92 Å². The van der Waals surface area contributed by atoms with Crippen LogP contribution in [0.4, 0.5) is 0 Å². The zero-order valence-corrected chi connectivity index (χ0v) is 18.1. The van der Waals surface area contributed by atoms with Gasteiger partial charge in [0.05, 0.1) is 12.8 Å². The van der Waals surface area contributed by atoms with Crippen LogP contribution in [0.25, 0.3) is 22.5 Å². The summed E-state index contributed by atoms with van der Waals surface area (Å²) in [5.41, 5.74) is 5.78. The molecular weight excluding hydrogens is 406 g/mol. The van der Waals surface area contributed by atoms with Gasteiger partial charge in [0.1, 0.15) is 17.9 Å². The monoisotopic (exact) mass is 429 g/mol. The van der Waals surface area contributed by atoms with Crippen molar-refractivity contribution in [2.24, 2.45) is 0 Å². The molecule has 0 saturated carbocycles. The third-order valence-electron chi connectivity index (χ3n) is 5.10. The number of esters is 1. The minimum Gasteiger partial charge on any atom is -0.488 e. The van der Waals surface area contributed by atoms with Gasteiger partial charge in [-0.1, -0.05) is 55.5 Å². The largest absolute Gasteiger partial charge is 0.488 e. The SMILES string of the molecule is CCc1nc(C)cc(OCc2ccc(-c3ccccc3-c3nnn[nH]3)cc2)c1C(=O)OC. The molecule has 0 radical (unpaired) electrons. The van der Waals surface area contributed by atoms with E-state index < -0.39 is 5.97 Å². The molecule has 0 fully saturated rings. The maximum Gasteiger partial charge on any atom is 0.343 e. The van der Waals surface area contributed by atoms with Gasteiger partial charge in [-0.05, 0) is 40.5 Å². The predicted octanol–water partition coefficient (Wildman–Crippen LogP) is 4.17. The summed E-state index contributed by atoms with van der Waals surface area (Å²) in [5, 5.41) is 14.2. The highest BCUT2D eigenvalue weighted by molar-refractivity contribution is 5.93. The number of aromatic amines is 1. The Labute approximate surface area is 185 Å². The van der Waals surface area contributed by atoms with Crippen molar-refractivity contribution in [2.75, 3.05) is 7.11 Å². The molecule has 2 heterocycles. The first kappa shape index (κ1) is 21.2. The van der Waals surface area contributed by atoms with Crippen molar-refractivity contribution >= 4 is 5.97 Å². The van der Waals surface area contributed by atoms with Gasteiger partial charge < -0.3 is 9.47 Å². The van der Waals surface area contributed by atoms with Crippen molar-refractivity contribution in [1.82, 2.24) is 25.6 Å². The number of tetrazole rings is 1. The Balaban J connectivity index is 1.57. The Bertz CT molecular complexity index is 1220. The number of carbonyl (C=O) groups is 1. The van der Waals surface area contributed by atoms with Crippen LogP contribution in [0.1, 0.15) is 34.2 Å². The summed E-state index contributed by atoms with van der Waals surface area (Å²) >= 11 is 0. The molecule has 0 amide bonds. The lowest BCUT2D eigenvalue weighted by atomic mass is 9.98. The zero-order chi connectivity index (χ0) is 22.5. The number of ether oxygens (including phenoxy) is 2. The lowest BCUT2D eigenvalue weighted by Gasteiger charge is -2.14. The molecule has 4 aromatic rings. The number of benzene rings is 2. The van der Waals surface area contributed by atoms with Crippen molar-refractivity contribution in [2.45, 2.75) is 26.9 Å². The second-order valence-corrected chi connectivity index (χ2v) is 7.21. The standard InChI is InChI=1S/C24H23N5O3/c1-4-20-22(24(30)31-3)21(13-15(2)25-20)32-14-16-9-11-17(12-10-16)18-7-5-6-8-19(18)23-26-28-29-27-23/h5-13H,4,14H2,1-3H3,(H,26,27,28,29). The second-order valence-electron chi connectivity index (χ2n) is 7.21. The number of rotatable bonds is 7. The molecule has 1 N–H and O–H groups in total. The highest BCUT2D eigenvalue weighted by Crippen LogP contribution is 2.30. The summed E-state index contributed by atoms with van der Waals surface area (Å²) in [6.45, 7) is 4.14. The highest BCUT2D eigenvalue weighted by atomic mass is 16.5. The number of nitrogens with zero attached hydrogens (tertiary/aromatic N) is 4. The lowest BCUT2D eigenvalue weighted by Crippen LogP contribution is -2.11. The first-order valence-corrected chi connectivity index (χ1v) is 10.2. The number of nitrogens with one attached hydrogen (secondary N) is 1. The van der Waals surface area contributed by atoms with Gasteiger partial charge in [-0.3, -0.25) is 4.98 Å². The van der Waals surface area contributed by atoms with Gasteiger partial charge in [-0.25, -0.2) is 9.89 Å². The first-order valence-electron chi connectivity index (χ1n) is 10.2. The maximum atomic E-state index is 12.3. The lowest BCUT2D eigenvalue weighted by molar-refractivity contribution is 0.0593. The Kier molecular flexibility index (Phi) is 6.21. The fourth-order valence-electron chi connectivity index (χ4n) is 3.55. The van der Waals surface area contributed by atoms with Gasteiger partial charge >= 0.3 is 5.97 Å². The van der Waals surface area contributed by atoms with Gasteiger partial charge in [0.2, 0.25) is 0 Å². The first-order chi connectivity index (χ1) is 15.6. The maximum absolute atomic E-state index is 12.3. The van der Waals surface area contributed by atoms with E-state index in [1.54, 1.807) is 6.07 Å². The van der Waals surface area contributed by atoms with Crippen LogP contribution in [0.5, 0.6) is 5.75 Å². The molecule has 0 aliphatic rings. The van der Waals surface area contributed by atoms with E-state index >= 15 is 0 Å². The Morgan fingerprint density at radius 1 is 1.06 bits per heavy atom. The quantitative estimate of drug-likeness (QED) is 0.440. The van der Waals surface area contributed by atoms with Crippen LogP contribution in [-0.4, -0.2) is 38.7 Å². The molecule has 4 rings (SSSR count). The van der Waals surface area contributed by atoms with Gasteiger partial charge in [-0.2, -0.15) is 0 Å². The van der Waals surface area contributed by atoms with E-state index in [1.807, 2.05) is 62.4 Å². The van der Waals surface area contributed by atoms with Crippen LogP contribution in [0.2, 0.25) is 0 Å². The molecule has 0 atom stereocenters. The van der Waals surface area contributed by atoms with Gasteiger partial charge in [0, 0.05) is 17.3 Å². The summed E-state index contributed by atoms with van der Waals surface area (Å²) in [4.78, 5) is 16.8. The van der Waals surface area contributed by atoms with Crippen LogP contribution in [0.15, 0.2) is 54.6 Å². The Morgan fingerprint density at radius 2 is 1.81 bits per heavy atom. The third-order valence-corrected chi connectivity index (χ3v) is 5.10. The van der Waals surface area contributed by atoms with Crippen LogP contribution in [-0.2, 0) is 17.8 Å². The molecule has 8 heteroatoms. The van der Waals surface area contributed by atoms with Gasteiger partial charge in [-0.15, -0.1) is 5.10 Å². The molecule has 0 aliphatic carbocycles. The van der Waals surface area contributed by atoms with E-state index in [0.717, 1.165) is 27.9 Å². The van der Waals surface area contributed by atoms with Gasteiger partial charge in [0.25, 0.3) is 0 Å². The second kappa shape index (κ2) is 9.38. The summed E-state index contributed by atoms with van der Waals surface area (Å²) in [6.07, 6.45) is 0.608. The molecule has 162 valence electrons. The van der Waals surface area contributed by atoms with Crippen molar-refractivity contribution in [3.8, 4) is 28.3 Å². The Morgan fingerprint density at radius 3 is 2.47 bits per heavy atom. The molecule has 32 heavy (non-hydrogen) atoms. The van der Waals surface area contributed by atoms with E-state index in [0.29, 0.717) is 35.9 Å². The van der Waals surface area contributed by atoms with Crippen LogP contribution < -0.4 is 4.74 Å². The number of H-pyrrole nitrogens is 1. The average molecular weight is 429 g/mol. The van der Waals surface area contributed by atoms with Crippen LogP contribution in [0.3, 0.4) is 0 Å². The van der Waals surface area contributed by atoms with Gasteiger partial charge in [0.15, 0.2) is 5.82 Å². The number of pyridine rings is 1. The predicted molar refractivity (Wildman–Crippen MR) is 119 cm³/mol. The topological polar surface area (TPSA) is 103 Å². The number of hydrogen-bond acceptors (Lipinski definition) is 7. The summed E-state index contributed by atoms with van der Waals surface area (Å²) in [6, 6.07) is 17.7. The van der Waals surface area contributed by atoms with Crippen molar-refractivity contribution in [1.29, 1.82) is 0 Å². The number of aryl methyl sites for hydroxylation is 2. The third kappa shape index (κ3) is 4.34. The normalized spacial score (nSPS) is 10.7. The van der Waals surface area contributed by atoms with Crippen molar-refractivity contribution in [3.63, 3.8) is 0 Å². The summed E-state index contributed by atoms with van der Waals surface area (Å²) in [5.74, 6) is 0.648. The van der Waals surface area contributed by atoms with E-state index in [2.05, 4.69) is 25.6 Å². The van der Waals surface area contributed by atoms with E-state index in [-0.39, 0.29) is 0 Å². The fourth-order valence-corrected chi connectivity index (χ4v) is 3.55. The number of carbonyl (C=O) groups excluding carboxylic acids is 1. The van der Waals surface area contributed by atoms with E-state index in [4.69, 9.17) is 9.47 Å². The number of methoxy groups -OCH3 is 1. The summed E-state index contributed by atoms with van der Waals surface area (Å²) < 4.78 is 11.0. The molecule has 8 nitrogen and oxygen atoms in total. The molecule has 0 aliphatic heterocycles. The van der Waals surface area contributed by atoms with E-state index in [1.165, 1.54) is 7.11 Å². The number of hydrogen-bond donors (Lipinski definition) is 1. The molecule has 2 aromatic carbocycles. The smallest absolute Gasteiger partial charge is 0.343 e. The molecule has 2 aromatic heterocycles. The van der Waals surface area contributed by atoms with E-state index in [9.17, 15) is 4.79 Å². The highest BCUT2D eigenvalue weighted by Gasteiger charge is 2.20. The van der Waals surface area contributed by atoms with Crippen molar-refractivity contribution in [3.05, 3.63) is 77.1 Å².